The van der Waals surface area contributed by atoms with Crippen LogP contribution in [0.15, 0.2) is 31.1 Å². The van der Waals surface area contributed by atoms with Crippen molar-refractivity contribution in [1.29, 1.82) is 0 Å². The number of anilines is 1. The van der Waals surface area contributed by atoms with Gasteiger partial charge in [-0.25, -0.2) is 4.79 Å². The number of pyridine rings is 1. The molecular formula is C13H16N2O3. The zero-order chi connectivity index (χ0) is 13.8. The normalized spacial score (nSPS) is 10.8. The minimum absolute atomic E-state index is 0.0378. The lowest BCUT2D eigenvalue weighted by molar-refractivity contribution is -0.117. The predicted octanol–water partition coefficient (Wildman–Crippen LogP) is 2.32. The molecule has 0 aliphatic rings. The van der Waals surface area contributed by atoms with Crippen LogP contribution in [0.2, 0.25) is 0 Å². The van der Waals surface area contributed by atoms with E-state index in [0.717, 1.165) is 0 Å². The van der Waals surface area contributed by atoms with Crippen LogP contribution >= 0.6 is 0 Å². The third kappa shape index (κ3) is 4.01. The van der Waals surface area contributed by atoms with Gasteiger partial charge < -0.3 is 10.4 Å². The van der Waals surface area contributed by atoms with Gasteiger partial charge in [0, 0.05) is 12.6 Å². The Hall–Kier alpha value is -2.17. The average molecular weight is 248 g/mol. The fourth-order valence-electron chi connectivity index (χ4n) is 1.32. The third-order valence-corrected chi connectivity index (χ3v) is 2.44. The highest BCUT2D eigenvalue weighted by atomic mass is 16.4. The molecule has 0 bridgehead atoms. The summed E-state index contributed by atoms with van der Waals surface area (Å²) in [6, 6.07) is 1.37. The molecule has 1 aromatic heterocycles. The maximum Gasteiger partial charge on any atom is 0.337 e. The maximum atomic E-state index is 11.7. The van der Waals surface area contributed by atoms with Crippen molar-refractivity contribution in [3.8, 4) is 0 Å². The second-order valence-corrected chi connectivity index (χ2v) is 4.69. The smallest absolute Gasteiger partial charge is 0.337 e. The highest BCUT2D eigenvalue weighted by Gasteiger charge is 2.18. The van der Waals surface area contributed by atoms with Crippen LogP contribution in [-0.2, 0) is 4.79 Å². The maximum absolute atomic E-state index is 11.7. The summed E-state index contributed by atoms with van der Waals surface area (Å²) in [4.78, 5) is 26.2. The molecule has 5 nitrogen and oxygen atoms in total. The SMILES string of the molecule is C=CC(C)(C)CC(=O)Nc1cncc(C(=O)O)c1. The van der Waals surface area contributed by atoms with E-state index in [1.807, 2.05) is 13.8 Å². The number of rotatable bonds is 5. The van der Waals surface area contributed by atoms with E-state index in [9.17, 15) is 9.59 Å². The number of aromatic nitrogens is 1. The van der Waals surface area contributed by atoms with Gasteiger partial charge in [-0.05, 0) is 11.5 Å². The van der Waals surface area contributed by atoms with Crippen molar-refractivity contribution < 1.29 is 14.7 Å². The van der Waals surface area contributed by atoms with Gasteiger partial charge in [0.1, 0.15) is 0 Å². The average Bonchev–Trinajstić information content (AvgIpc) is 2.28. The molecule has 0 saturated heterocycles. The molecule has 1 rings (SSSR count). The Morgan fingerprint density at radius 1 is 1.50 bits per heavy atom. The van der Waals surface area contributed by atoms with Gasteiger partial charge >= 0.3 is 5.97 Å². The minimum atomic E-state index is -1.08. The number of carbonyl (C=O) groups excluding carboxylic acids is 1. The van der Waals surface area contributed by atoms with E-state index in [2.05, 4.69) is 16.9 Å². The predicted molar refractivity (Wildman–Crippen MR) is 68.4 cm³/mol. The van der Waals surface area contributed by atoms with Crippen LogP contribution in [0.3, 0.4) is 0 Å². The molecule has 0 aliphatic heterocycles. The zero-order valence-electron chi connectivity index (χ0n) is 10.4. The van der Waals surface area contributed by atoms with Crippen LogP contribution < -0.4 is 5.32 Å². The van der Waals surface area contributed by atoms with Gasteiger partial charge in [-0.2, -0.15) is 0 Å². The van der Waals surface area contributed by atoms with Gasteiger partial charge in [-0.3, -0.25) is 9.78 Å². The third-order valence-electron chi connectivity index (χ3n) is 2.44. The van der Waals surface area contributed by atoms with Crippen molar-refractivity contribution in [3.05, 3.63) is 36.7 Å². The number of carboxylic acid groups (broad SMARTS) is 1. The molecule has 5 heteroatoms. The first-order valence-corrected chi connectivity index (χ1v) is 5.46. The highest BCUT2D eigenvalue weighted by Crippen LogP contribution is 2.22. The fraction of sp³-hybridized carbons (Fsp3) is 0.308. The van der Waals surface area contributed by atoms with Gasteiger partial charge in [0.05, 0.1) is 17.4 Å². The van der Waals surface area contributed by atoms with Crippen molar-refractivity contribution >= 4 is 17.6 Å². The van der Waals surface area contributed by atoms with Crippen LogP contribution in [0.5, 0.6) is 0 Å². The van der Waals surface area contributed by atoms with Gasteiger partial charge in [0.15, 0.2) is 0 Å². The Morgan fingerprint density at radius 2 is 2.17 bits per heavy atom. The minimum Gasteiger partial charge on any atom is -0.478 e. The zero-order valence-corrected chi connectivity index (χ0v) is 10.4. The first-order valence-electron chi connectivity index (χ1n) is 5.46. The van der Waals surface area contributed by atoms with Gasteiger partial charge in [0.25, 0.3) is 0 Å². The topological polar surface area (TPSA) is 79.3 Å². The summed E-state index contributed by atoms with van der Waals surface area (Å²) >= 11 is 0. The molecule has 1 heterocycles. The lowest BCUT2D eigenvalue weighted by atomic mass is 9.89. The van der Waals surface area contributed by atoms with Crippen molar-refractivity contribution in [2.75, 3.05) is 5.32 Å². The Morgan fingerprint density at radius 3 is 2.72 bits per heavy atom. The van der Waals surface area contributed by atoms with E-state index in [1.54, 1.807) is 6.08 Å². The van der Waals surface area contributed by atoms with E-state index < -0.39 is 5.97 Å². The molecule has 96 valence electrons. The molecule has 2 N–H and O–H groups in total. The summed E-state index contributed by atoms with van der Waals surface area (Å²) in [5.74, 6) is -1.28. The number of aromatic carboxylic acids is 1. The number of hydrogen-bond donors (Lipinski definition) is 2. The monoisotopic (exact) mass is 248 g/mol. The lowest BCUT2D eigenvalue weighted by Crippen LogP contribution is -2.20. The number of amides is 1. The molecule has 1 amide bonds. The summed E-state index contributed by atoms with van der Waals surface area (Å²) in [5, 5.41) is 11.4. The van der Waals surface area contributed by atoms with Gasteiger partial charge in [0.2, 0.25) is 5.91 Å². The first-order chi connectivity index (χ1) is 8.34. The standard InChI is InChI=1S/C13H16N2O3/c1-4-13(2,3)6-11(16)15-10-5-9(12(17)18)7-14-8-10/h4-5,7-8H,1,6H2,2-3H3,(H,15,16)(H,17,18). The van der Waals surface area contributed by atoms with E-state index >= 15 is 0 Å². The molecule has 0 atom stereocenters. The molecule has 0 radical (unpaired) electrons. The molecular weight excluding hydrogens is 232 g/mol. The second-order valence-electron chi connectivity index (χ2n) is 4.69. The Bertz CT molecular complexity index is 481. The van der Waals surface area contributed by atoms with Crippen LogP contribution in [0.1, 0.15) is 30.6 Å². The fourth-order valence-corrected chi connectivity index (χ4v) is 1.32. The molecule has 1 aromatic rings. The largest absolute Gasteiger partial charge is 0.478 e. The van der Waals surface area contributed by atoms with Crippen LogP contribution in [0.4, 0.5) is 5.69 Å². The summed E-state index contributed by atoms with van der Waals surface area (Å²) in [7, 11) is 0. The van der Waals surface area contributed by atoms with E-state index in [4.69, 9.17) is 5.11 Å². The molecule has 0 unspecified atom stereocenters. The van der Waals surface area contributed by atoms with Gasteiger partial charge in [-0.1, -0.05) is 19.9 Å². The van der Waals surface area contributed by atoms with Crippen LogP contribution in [0.25, 0.3) is 0 Å². The second kappa shape index (κ2) is 5.44. The van der Waals surface area contributed by atoms with E-state index in [1.165, 1.54) is 18.5 Å². The van der Waals surface area contributed by atoms with Crippen molar-refractivity contribution in [2.24, 2.45) is 5.41 Å². The molecule has 0 saturated carbocycles. The van der Waals surface area contributed by atoms with E-state index in [-0.39, 0.29) is 23.3 Å². The molecule has 18 heavy (non-hydrogen) atoms. The number of carbonyl (C=O) groups is 2. The van der Waals surface area contributed by atoms with E-state index in [0.29, 0.717) is 5.69 Å². The van der Waals surface area contributed by atoms with Crippen molar-refractivity contribution in [2.45, 2.75) is 20.3 Å². The molecule has 0 fully saturated rings. The summed E-state index contributed by atoms with van der Waals surface area (Å²) in [6.07, 6.45) is 4.61. The number of carboxylic acids is 1. The lowest BCUT2D eigenvalue weighted by Gasteiger charge is -2.18. The molecule has 0 spiro atoms. The van der Waals surface area contributed by atoms with Crippen LogP contribution in [0, 0.1) is 5.41 Å². The Labute approximate surface area is 106 Å². The summed E-state index contributed by atoms with van der Waals surface area (Å²) in [5.41, 5.74) is 0.109. The summed E-state index contributed by atoms with van der Waals surface area (Å²) in [6.45, 7) is 7.45. The Kier molecular flexibility index (Phi) is 4.20. The molecule has 0 aliphatic carbocycles. The highest BCUT2D eigenvalue weighted by molar-refractivity contribution is 5.93. The number of allylic oxidation sites excluding steroid dienone is 1. The van der Waals surface area contributed by atoms with Gasteiger partial charge in [-0.15, -0.1) is 6.58 Å². The summed E-state index contributed by atoms with van der Waals surface area (Å²) < 4.78 is 0. The van der Waals surface area contributed by atoms with Crippen molar-refractivity contribution in [1.82, 2.24) is 4.98 Å². The van der Waals surface area contributed by atoms with Crippen LogP contribution in [-0.4, -0.2) is 22.0 Å². The number of hydrogen-bond acceptors (Lipinski definition) is 3. The molecule has 0 aromatic carbocycles. The first kappa shape index (κ1) is 13.9. The van der Waals surface area contributed by atoms with Crippen molar-refractivity contribution in [3.63, 3.8) is 0 Å². The number of nitrogens with zero attached hydrogens (tertiary/aromatic N) is 1. The number of nitrogens with one attached hydrogen (secondary N) is 1. The Balaban J connectivity index is 2.73. The quantitative estimate of drug-likeness (QED) is 0.784.